The summed E-state index contributed by atoms with van der Waals surface area (Å²) < 4.78 is 1.19. The molecular weight excluding hydrogens is 596 g/mol. The van der Waals surface area contributed by atoms with Crippen LogP contribution in [0.25, 0.3) is 16.3 Å². The van der Waals surface area contributed by atoms with E-state index in [-0.39, 0.29) is 23.0 Å². The smallest absolute Gasteiger partial charge is 0.0732 e. The molecule has 0 aromatic heterocycles. The minimum absolute atomic E-state index is 0.124. The van der Waals surface area contributed by atoms with Crippen LogP contribution in [0, 0.1) is 16.7 Å². The van der Waals surface area contributed by atoms with Gasteiger partial charge in [0.25, 0.3) is 0 Å². The summed E-state index contributed by atoms with van der Waals surface area (Å²) in [6.07, 6.45) is 6.88. The van der Waals surface area contributed by atoms with Gasteiger partial charge in [0, 0.05) is 4.47 Å². The van der Waals surface area contributed by atoms with Crippen LogP contribution < -0.4 is 0 Å². The fourth-order valence-electron chi connectivity index (χ4n) is 9.05. The van der Waals surface area contributed by atoms with Crippen molar-refractivity contribution in [2.75, 3.05) is 0 Å². The second-order valence-corrected chi connectivity index (χ2v) is 21.2. The number of allylic oxidation sites excluding steroid dienone is 3. The van der Waals surface area contributed by atoms with E-state index in [4.69, 9.17) is 0 Å². The van der Waals surface area contributed by atoms with Gasteiger partial charge >= 0.3 is 0 Å². The summed E-state index contributed by atoms with van der Waals surface area (Å²) in [6, 6.07) is 21.7. The van der Waals surface area contributed by atoms with Crippen molar-refractivity contribution in [1.82, 2.24) is 0 Å². The summed E-state index contributed by atoms with van der Waals surface area (Å²) in [5.41, 5.74) is 7.47. The molecule has 0 aliphatic heterocycles. The van der Waals surface area contributed by atoms with E-state index in [2.05, 4.69) is 117 Å². The third kappa shape index (κ3) is 5.21. The Morgan fingerprint density at radius 2 is 1.43 bits per heavy atom. The molecule has 0 saturated heterocycles. The van der Waals surface area contributed by atoms with E-state index in [0.717, 1.165) is 38.5 Å². The first-order chi connectivity index (χ1) is 19.8. The predicted molar refractivity (Wildman–Crippen MR) is 183 cm³/mol. The predicted octanol–water partition coefficient (Wildman–Crippen LogP) is 9.85. The van der Waals surface area contributed by atoms with Crippen LogP contribution in [0.3, 0.4) is 0 Å². The first-order valence-corrected chi connectivity index (χ1v) is 20.1. The Bertz CT molecular complexity index is 1550. The highest BCUT2D eigenvalue weighted by Gasteiger charge is 2.50. The molecule has 0 unspecified atom stereocenters. The van der Waals surface area contributed by atoms with Crippen molar-refractivity contribution in [2.45, 2.75) is 96.6 Å². The molecule has 2 saturated carbocycles. The molecule has 42 heavy (non-hydrogen) atoms. The molecule has 2 N–H and O–H groups in total. The first kappa shape index (κ1) is 30.1. The van der Waals surface area contributed by atoms with Crippen LogP contribution >= 0.6 is 15.9 Å². The van der Waals surface area contributed by atoms with Gasteiger partial charge in [-0.25, -0.2) is 0 Å². The van der Waals surface area contributed by atoms with Gasteiger partial charge in [0.2, 0.25) is 0 Å². The maximum Gasteiger partial charge on any atom is 0.0732 e. The quantitative estimate of drug-likeness (QED) is 0.273. The Kier molecular flexibility index (Phi) is 7.78. The van der Waals surface area contributed by atoms with Gasteiger partial charge in [0.15, 0.2) is 0 Å². The van der Waals surface area contributed by atoms with Gasteiger partial charge in [0.1, 0.15) is 0 Å². The number of benzene rings is 3. The molecular formula is C38H47BrO2Si. The van der Waals surface area contributed by atoms with Gasteiger partial charge in [-0.1, -0.05) is 116 Å². The van der Waals surface area contributed by atoms with Crippen LogP contribution in [0.2, 0.25) is 19.6 Å². The van der Waals surface area contributed by atoms with Crippen LogP contribution in [-0.4, -0.2) is 30.5 Å². The molecule has 3 aromatic rings. The van der Waals surface area contributed by atoms with Crippen LogP contribution in [-0.2, 0) is 6.42 Å². The summed E-state index contributed by atoms with van der Waals surface area (Å²) in [7, 11) is -1.44. The summed E-state index contributed by atoms with van der Waals surface area (Å²) in [4.78, 5) is 0. The Hall–Kier alpha value is -1.98. The van der Waals surface area contributed by atoms with Crippen LogP contribution in [0.4, 0.5) is 0 Å². The van der Waals surface area contributed by atoms with Gasteiger partial charge in [-0.05, 0) is 112 Å². The zero-order chi connectivity index (χ0) is 30.0. The van der Waals surface area contributed by atoms with Gasteiger partial charge < -0.3 is 10.2 Å². The van der Waals surface area contributed by atoms with Crippen molar-refractivity contribution in [3.63, 3.8) is 0 Å². The lowest BCUT2D eigenvalue weighted by molar-refractivity contribution is 0.159. The SMILES string of the molecule is C=C1C(c2ccccc2)=C([Si](C)(C)C)C[C@@]2(C)C[C@@H](O)C[C@H]12.C[C@@]12CCc3c(cc(Br)c4ccccc34)[C@H]1C[C@H](O)C2. The van der Waals surface area contributed by atoms with E-state index in [1.165, 1.54) is 49.5 Å². The summed E-state index contributed by atoms with van der Waals surface area (Å²) in [5, 5.41) is 24.7. The molecule has 2 nitrogen and oxygen atoms in total. The van der Waals surface area contributed by atoms with E-state index in [1.807, 2.05) is 0 Å². The Morgan fingerprint density at radius 3 is 2.10 bits per heavy atom. The molecule has 0 heterocycles. The van der Waals surface area contributed by atoms with E-state index in [0.29, 0.717) is 11.8 Å². The highest BCUT2D eigenvalue weighted by Crippen LogP contribution is 2.59. The van der Waals surface area contributed by atoms with Crippen molar-refractivity contribution < 1.29 is 10.2 Å². The van der Waals surface area contributed by atoms with Crippen molar-refractivity contribution in [2.24, 2.45) is 16.7 Å². The van der Waals surface area contributed by atoms with Crippen molar-refractivity contribution in [1.29, 1.82) is 0 Å². The molecule has 0 spiro atoms. The van der Waals surface area contributed by atoms with Gasteiger partial charge in [-0.3, -0.25) is 0 Å². The Labute approximate surface area is 262 Å². The molecule has 4 aliphatic carbocycles. The average Bonchev–Trinajstić information content (AvgIpc) is 3.43. The third-order valence-electron chi connectivity index (χ3n) is 11.2. The Morgan fingerprint density at radius 1 is 0.833 bits per heavy atom. The largest absolute Gasteiger partial charge is 0.393 e. The van der Waals surface area contributed by atoms with E-state index >= 15 is 0 Å². The number of aliphatic hydroxyl groups excluding tert-OH is 2. The number of rotatable bonds is 2. The lowest BCUT2D eigenvalue weighted by Crippen LogP contribution is -2.37. The number of halogens is 1. The molecule has 4 heteroatoms. The molecule has 3 aromatic carbocycles. The standard InChI is InChI=1S/C20H28OSi.C18H19BrO/c1-14-17-11-16(21)12-20(17,2)13-18(22(3,4)5)19(14)15-9-7-6-8-10-15;1-18-7-6-13-12-4-2-3-5-14(12)17(19)9-15(13)16(18)8-11(20)10-18/h6-10,16-17,21H,1,11-13H2,2-5H3;2-5,9,11,16,20H,6-8,10H2,1H3/t16-,17+,20+;11-,16+,18-/m00/s1. The van der Waals surface area contributed by atoms with Crippen molar-refractivity contribution in [3.05, 3.63) is 99.2 Å². The molecule has 6 atom stereocenters. The molecule has 0 bridgehead atoms. The van der Waals surface area contributed by atoms with Gasteiger partial charge in [-0.2, -0.15) is 0 Å². The number of aryl methyl sites for hydroxylation is 1. The highest BCUT2D eigenvalue weighted by atomic mass is 79.9. The maximum absolute atomic E-state index is 10.2. The zero-order valence-electron chi connectivity index (χ0n) is 26.0. The number of aliphatic hydroxyl groups is 2. The van der Waals surface area contributed by atoms with Crippen LogP contribution in [0.5, 0.6) is 0 Å². The fraction of sp³-hybridized carbons (Fsp3) is 0.474. The number of hydrogen-bond donors (Lipinski definition) is 2. The molecule has 222 valence electrons. The third-order valence-corrected chi connectivity index (χ3v) is 14.0. The normalized spacial score (nSPS) is 32.2. The molecule has 7 rings (SSSR count). The highest BCUT2D eigenvalue weighted by molar-refractivity contribution is 9.10. The van der Waals surface area contributed by atoms with Gasteiger partial charge in [-0.15, -0.1) is 0 Å². The van der Waals surface area contributed by atoms with E-state index < -0.39 is 8.07 Å². The van der Waals surface area contributed by atoms with Crippen LogP contribution in [0.15, 0.2) is 82.5 Å². The molecule has 2 fully saturated rings. The minimum Gasteiger partial charge on any atom is -0.393 e. The topological polar surface area (TPSA) is 40.5 Å². The van der Waals surface area contributed by atoms with E-state index in [1.54, 1.807) is 5.20 Å². The molecule has 0 radical (unpaired) electrons. The lowest BCUT2D eigenvalue weighted by atomic mass is 9.66. The fourth-order valence-corrected chi connectivity index (χ4v) is 11.6. The zero-order valence-corrected chi connectivity index (χ0v) is 28.6. The first-order valence-electron chi connectivity index (χ1n) is 15.8. The summed E-state index contributed by atoms with van der Waals surface area (Å²) in [5.74, 6) is 0.944. The summed E-state index contributed by atoms with van der Waals surface area (Å²) in [6.45, 7) is 16.5. The Balaban J connectivity index is 0.000000151. The van der Waals surface area contributed by atoms with Crippen molar-refractivity contribution >= 4 is 40.3 Å². The summed E-state index contributed by atoms with van der Waals surface area (Å²) >= 11 is 3.74. The maximum atomic E-state index is 10.2. The molecule has 0 amide bonds. The monoisotopic (exact) mass is 642 g/mol. The van der Waals surface area contributed by atoms with E-state index in [9.17, 15) is 10.2 Å². The van der Waals surface area contributed by atoms with Crippen LogP contribution in [0.1, 0.15) is 75.0 Å². The number of hydrogen-bond acceptors (Lipinski definition) is 2. The lowest BCUT2D eigenvalue weighted by Gasteiger charge is -2.44. The van der Waals surface area contributed by atoms with Gasteiger partial charge in [0.05, 0.1) is 20.3 Å². The number of fused-ring (bicyclic) bond motifs is 6. The second-order valence-electron chi connectivity index (χ2n) is 15.2. The molecule has 4 aliphatic rings. The second kappa shape index (κ2) is 10.9. The average molecular weight is 644 g/mol. The minimum atomic E-state index is -1.44. The van der Waals surface area contributed by atoms with Crippen molar-refractivity contribution in [3.8, 4) is 0 Å².